The molecule has 0 aliphatic rings. The molecule has 3 nitrogen and oxygen atoms in total. The SMILES string of the molecule is Cc1cc[c]nc1.Cc1cc[c]nc1.Cc1cc[c]nc1.[HH].[Sn]. The van der Waals surface area contributed by atoms with Gasteiger partial charge in [0.05, 0.1) is 18.6 Å². The van der Waals surface area contributed by atoms with Gasteiger partial charge in [0, 0.05) is 43.9 Å². The van der Waals surface area contributed by atoms with Crippen molar-refractivity contribution in [3.63, 3.8) is 0 Å². The third kappa shape index (κ3) is 11.0. The van der Waals surface area contributed by atoms with Crippen LogP contribution in [0.4, 0.5) is 0 Å². The summed E-state index contributed by atoms with van der Waals surface area (Å²) in [6.07, 6.45) is 13.4. The molecule has 4 heteroatoms. The number of aromatic nitrogens is 3. The monoisotopic (exact) mass is 398 g/mol. The Kier molecular flexibility index (Phi) is 11.9. The Hall–Kier alpha value is -1.75. The molecule has 0 saturated heterocycles. The Morgan fingerprint density at radius 3 is 1.00 bits per heavy atom. The normalized spacial score (nSPS) is 8.32. The molecule has 0 spiro atoms. The second kappa shape index (κ2) is 12.9. The first-order valence-corrected chi connectivity index (χ1v) is 6.54. The molecule has 0 aliphatic carbocycles. The van der Waals surface area contributed by atoms with Gasteiger partial charge in [0.1, 0.15) is 0 Å². The van der Waals surface area contributed by atoms with E-state index < -0.39 is 0 Å². The van der Waals surface area contributed by atoms with Gasteiger partial charge in [0.2, 0.25) is 0 Å². The molecule has 0 atom stereocenters. The number of aryl methyl sites for hydroxylation is 3. The number of hydrogen-bond donors (Lipinski definition) is 0. The zero-order valence-corrected chi connectivity index (χ0v) is 15.9. The van der Waals surface area contributed by atoms with Crippen molar-refractivity contribution in [2.45, 2.75) is 20.8 Å². The summed E-state index contributed by atoms with van der Waals surface area (Å²) in [5.41, 5.74) is 3.54. The minimum atomic E-state index is 0. The van der Waals surface area contributed by atoms with E-state index >= 15 is 0 Å². The molecule has 111 valence electrons. The maximum Gasteiger partial charge on any atom is 0.0886 e. The van der Waals surface area contributed by atoms with Gasteiger partial charge in [0.15, 0.2) is 0 Å². The van der Waals surface area contributed by atoms with Crippen LogP contribution in [0.15, 0.2) is 55.0 Å². The van der Waals surface area contributed by atoms with Crippen LogP contribution in [0.3, 0.4) is 0 Å². The summed E-state index contributed by atoms with van der Waals surface area (Å²) in [4.78, 5) is 11.3. The number of rotatable bonds is 0. The van der Waals surface area contributed by atoms with E-state index in [1.54, 1.807) is 36.8 Å². The molecule has 7 radical (unpaired) electrons. The van der Waals surface area contributed by atoms with Gasteiger partial charge in [-0.05, 0) is 55.7 Å². The van der Waals surface area contributed by atoms with E-state index in [2.05, 4.69) is 33.5 Å². The molecular weight excluding hydrogens is 377 g/mol. The van der Waals surface area contributed by atoms with Crippen LogP contribution in [0.1, 0.15) is 18.1 Å². The molecule has 3 rings (SSSR count). The fourth-order valence-electron chi connectivity index (χ4n) is 1.18. The summed E-state index contributed by atoms with van der Waals surface area (Å²) in [5.74, 6) is 0. The van der Waals surface area contributed by atoms with Gasteiger partial charge < -0.3 is 0 Å². The summed E-state index contributed by atoms with van der Waals surface area (Å²) in [5, 5.41) is 0. The van der Waals surface area contributed by atoms with Crippen LogP contribution < -0.4 is 0 Å². The molecule has 0 unspecified atom stereocenters. The van der Waals surface area contributed by atoms with Gasteiger partial charge in [-0.2, -0.15) is 0 Å². The van der Waals surface area contributed by atoms with Gasteiger partial charge in [0.25, 0.3) is 0 Å². The molecule has 0 aliphatic heterocycles. The molecule has 0 N–H and O–H groups in total. The van der Waals surface area contributed by atoms with E-state index in [9.17, 15) is 0 Å². The van der Waals surface area contributed by atoms with Crippen molar-refractivity contribution < 1.29 is 1.43 Å². The molecular formula is C18H20N3Sn. The van der Waals surface area contributed by atoms with E-state index in [0.717, 1.165) is 0 Å². The van der Waals surface area contributed by atoms with Crippen LogP contribution in [-0.2, 0) is 0 Å². The smallest absolute Gasteiger partial charge is 0.0886 e. The summed E-state index contributed by atoms with van der Waals surface area (Å²) >= 11 is 0. The Morgan fingerprint density at radius 2 is 0.909 bits per heavy atom. The third-order valence-electron chi connectivity index (χ3n) is 2.29. The maximum absolute atomic E-state index is 3.76. The van der Waals surface area contributed by atoms with E-state index in [4.69, 9.17) is 0 Å². The predicted molar refractivity (Wildman–Crippen MR) is 91.3 cm³/mol. The number of nitrogens with zero attached hydrogens (tertiary/aromatic N) is 3. The Balaban J connectivity index is 0. The van der Waals surface area contributed by atoms with E-state index in [0.29, 0.717) is 0 Å². The van der Waals surface area contributed by atoms with Crippen molar-refractivity contribution in [1.29, 1.82) is 0 Å². The first-order chi connectivity index (χ1) is 10.2. The maximum atomic E-state index is 3.76. The van der Waals surface area contributed by atoms with Gasteiger partial charge >= 0.3 is 0 Å². The Labute approximate surface area is 151 Å². The summed E-state index contributed by atoms with van der Waals surface area (Å²) in [7, 11) is 0. The van der Waals surface area contributed by atoms with E-state index in [1.807, 2.05) is 39.0 Å². The van der Waals surface area contributed by atoms with Crippen LogP contribution in [0.25, 0.3) is 0 Å². The van der Waals surface area contributed by atoms with Crippen molar-refractivity contribution in [3.05, 3.63) is 90.3 Å². The first-order valence-electron chi connectivity index (χ1n) is 6.54. The number of hydrogen-bond acceptors (Lipinski definition) is 3. The minimum Gasteiger partial charge on any atom is -0.254 e. The minimum absolute atomic E-state index is 0. The van der Waals surface area contributed by atoms with Crippen molar-refractivity contribution in [3.8, 4) is 0 Å². The molecule has 3 heterocycles. The topological polar surface area (TPSA) is 38.7 Å². The van der Waals surface area contributed by atoms with E-state index in [1.165, 1.54) is 16.7 Å². The Morgan fingerprint density at radius 1 is 0.636 bits per heavy atom. The van der Waals surface area contributed by atoms with Gasteiger partial charge in [-0.1, -0.05) is 18.2 Å². The second-order valence-corrected chi connectivity index (χ2v) is 4.39. The fourth-order valence-corrected chi connectivity index (χ4v) is 1.18. The zero-order chi connectivity index (χ0) is 15.3. The van der Waals surface area contributed by atoms with Gasteiger partial charge in [-0.25, -0.2) is 0 Å². The predicted octanol–water partition coefficient (Wildman–Crippen LogP) is 3.44. The van der Waals surface area contributed by atoms with Crippen molar-refractivity contribution in [2.75, 3.05) is 0 Å². The average Bonchev–Trinajstić information content (AvgIpc) is 2.51. The van der Waals surface area contributed by atoms with Crippen LogP contribution in [0.5, 0.6) is 0 Å². The van der Waals surface area contributed by atoms with Crippen LogP contribution >= 0.6 is 0 Å². The van der Waals surface area contributed by atoms with Crippen molar-refractivity contribution in [1.82, 2.24) is 15.0 Å². The fraction of sp³-hybridized carbons (Fsp3) is 0.167. The van der Waals surface area contributed by atoms with Crippen molar-refractivity contribution >= 4 is 23.9 Å². The van der Waals surface area contributed by atoms with Gasteiger partial charge in [-0.15, -0.1) is 0 Å². The standard InChI is InChI=1S/3C6H6N.Sn.H2/c3*1-6-3-2-4-7-5-6;;/h3*2-3,5H,1H3;;1H. The molecule has 0 saturated carbocycles. The molecule has 0 amide bonds. The second-order valence-electron chi connectivity index (χ2n) is 4.39. The Bertz CT molecular complexity index is 503. The van der Waals surface area contributed by atoms with Gasteiger partial charge in [-0.3, -0.25) is 15.0 Å². The largest absolute Gasteiger partial charge is 0.254 e. The summed E-state index contributed by atoms with van der Waals surface area (Å²) in [6, 6.07) is 11.3. The molecule has 0 aromatic carbocycles. The number of pyridine rings is 3. The quantitative estimate of drug-likeness (QED) is 0.546. The molecule has 22 heavy (non-hydrogen) atoms. The van der Waals surface area contributed by atoms with Crippen LogP contribution in [-0.4, -0.2) is 38.9 Å². The van der Waals surface area contributed by atoms with Crippen LogP contribution in [0, 0.1) is 39.4 Å². The summed E-state index contributed by atoms with van der Waals surface area (Å²) in [6.45, 7) is 6.00. The molecule has 0 fully saturated rings. The van der Waals surface area contributed by atoms with E-state index in [-0.39, 0.29) is 25.3 Å². The molecule has 3 aromatic heterocycles. The van der Waals surface area contributed by atoms with Crippen molar-refractivity contribution in [2.24, 2.45) is 0 Å². The average molecular weight is 397 g/mol. The first kappa shape index (κ1) is 20.2. The summed E-state index contributed by atoms with van der Waals surface area (Å²) < 4.78 is 0. The zero-order valence-electron chi connectivity index (χ0n) is 13.0. The van der Waals surface area contributed by atoms with Crippen LogP contribution in [0.2, 0.25) is 0 Å². The third-order valence-corrected chi connectivity index (χ3v) is 2.29. The molecule has 3 aromatic rings. The molecule has 0 bridgehead atoms.